The summed E-state index contributed by atoms with van der Waals surface area (Å²) in [6.45, 7) is 7.34. The van der Waals surface area contributed by atoms with Crippen LogP contribution in [0.25, 0.3) is 0 Å². The zero-order valence-corrected chi connectivity index (χ0v) is 16.7. The lowest BCUT2D eigenvalue weighted by molar-refractivity contribution is -0.152. The van der Waals surface area contributed by atoms with E-state index in [1.165, 1.54) is 0 Å². The molecule has 6 heteroatoms. The Labute approximate surface area is 161 Å². The number of rotatable bonds is 3. The third-order valence-electron chi connectivity index (χ3n) is 7.20. The largest absolute Gasteiger partial charge is 0.458 e. The van der Waals surface area contributed by atoms with E-state index in [4.69, 9.17) is 4.74 Å². The molecule has 3 heterocycles. The van der Waals surface area contributed by atoms with Gasteiger partial charge in [0.05, 0.1) is 12.3 Å². The Hall–Kier alpha value is -1.59. The monoisotopic (exact) mass is 376 g/mol. The molecule has 3 aliphatic heterocycles. The molecule has 3 saturated heterocycles. The first-order valence-corrected chi connectivity index (χ1v) is 10.6. The molecule has 0 bridgehead atoms. The van der Waals surface area contributed by atoms with Crippen molar-refractivity contribution in [3.8, 4) is 0 Å². The Balaban J connectivity index is 1.39. The fraction of sp³-hybridized carbons (Fsp3) is 0.857. The lowest BCUT2D eigenvalue weighted by atomic mass is 9.76. The van der Waals surface area contributed by atoms with Gasteiger partial charge in [0.1, 0.15) is 5.60 Å². The van der Waals surface area contributed by atoms with Gasteiger partial charge in [0.25, 0.3) is 0 Å². The Morgan fingerprint density at radius 2 is 1.81 bits per heavy atom. The number of amides is 2. The first-order valence-electron chi connectivity index (χ1n) is 10.6. The third kappa shape index (κ3) is 3.36. The molecule has 1 saturated carbocycles. The first kappa shape index (κ1) is 18.8. The van der Waals surface area contributed by atoms with Gasteiger partial charge in [-0.05, 0) is 44.4 Å². The number of esters is 1. The number of piperidine rings is 1. The number of carbonyl (C=O) groups is 3. The summed E-state index contributed by atoms with van der Waals surface area (Å²) in [6.07, 6.45) is 6.35. The highest BCUT2D eigenvalue weighted by Gasteiger charge is 2.55. The van der Waals surface area contributed by atoms with Crippen molar-refractivity contribution in [2.24, 2.45) is 17.3 Å². The molecule has 27 heavy (non-hydrogen) atoms. The van der Waals surface area contributed by atoms with Gasteiger partial charge in [0.2, 0.25) is 11.8 Å². The van der Waals surface area contributed by atoms with Crippen molar-refractivity contribution in [1.82, 2.24) is 9.80 Å². The van der Waals surface area contributed by atoms with Gasteiger partial charge in [-0.2, -0.15) is 0 Å². The number of hydrogen-bond acceptors (Lipinski definition) is 4. The maximum absolute atomic E-state index is 13.2. The molecule has 0 N–H and O–H groups in total. The molecule has 1 atom stereocenters. The third-order valence-corrected chi connectivity index (χ3v) is 7.20. The van der Waals surface area contributed by atoms with Crippen molar-refractivity contribution in [3.63, 3.8) is 0 Å². The van der Waals surface area contributed by atoms with Crippen LogP contribution < -0.4 is 0 Å². The second-order valence-electron chi connectivity index (χ2n) is 9.67. The Bertz CT molecular complexity index is 630. The van der Waals surface area contributed by atoms with E-state index in [0.29, 0.717) is 25.4 Å². The van der Waals surface area contributed by atoms with Crippen molar-refractivity contribution < 1.29 is 19.1 Å². The van der Waals surface area contributed by atoms with Gasteiger partial charge in [0, 0.05) is 38.0 Å². The smallest absolute Gasteiger partial charge is 0.307 e. The van der Waals surface area contributed by atoms with Crippen LogP contribution >= 0.6 is 0 Å². The summed E-state index contributed by atoms with van der Waals surface area (Å²) in [5.41, 5.74) is -0.490. The molecular formula is C21H32N2O4. The van der Waals surface area contributed by atoms with E-state index in [-0.39, 0.29) is 35.5 Å². The van der Waals surface area contributed by atoms with E-state index < -0.39 is 5.60 Å². The van der Waals surface area contributed by atoms with Crippen molar-refractivity contribution >= 4 is 17.8 Å². The fourth-order valence-corrected chi connectivity index (χ4v) is 5.77. The second kappa shape index (κ2) is 6.78. The highest BCUT2D eigenvalue weighted by molar-refractivity contribution is 5.88. The molecule has 2 spiro atoms. The Morgan fingerprint density at radius 1 is 1.15 bits per heavy atom. The van der Waals surface area contributed by atoms with Crippen molar-refractivity contribution in [2.75, 3.05) is 26.2 Å². The van der Waals surface area contributed by atoms with Crippen molar-refractivity contribution in [2.45, 2.75) is 70.8 Å². The zero-order chi connectivity index (χ0) is 19.2. The molecule has 150 valence electrons. The molecule has 0 radical (unpaired) electrons. The first-order chi connectivity index (χ1) is 12.8. The summed E-state index contributed by atoms with van der Waals surface area (Å²) in [5, 5.41) is 0. The van der Waals surface area contributed by atoms with Gasteiger partial charge in [-0.25, -0.2) is 0 Å². The number of hydrogen-bond donors (Lipinski definition) is 0. The van der Waals surface area contributed by atoms with Crippen molar-refractivity contribution in [3.05, 3.63) is 0 Å². The normalized spacial score (nSPS) is 29.4. The minimum absolute atomic E-state index is 0.0375. The average Bonchev–Trinajstić information content (AvgIpc) is 3.28. The standard InChI is InChI=1S/C21H32N2O4/c1-15(2)13-23-14-20(12-17(23)24)7-9-22(10-8-20)19(26)16-11-18(25)27-21(16)5-3-4-6-21/h15-16H,3-14H2,1-2H3/t16-/m0/s1. The number of carbonyl (C=O) groups excluding carboxylic acids is 3. The SMILES string of the molecule is CC(C)CN1CC2(CCN(C(=O)[C@@H]3CC(=O)OC34CCCC4)CC2)CC1=O. The number of likely N-dealkylation sites (tertiary alicyclic amines) is 2. The minimum atomic E-state index is -0.527. The van der Waals surface area contributed by atoms with E-state index in [2.05, 4.69) is 13.8 Å². The quantitative estimate of drug-likeness (QED) is 0.709. The van der Waals surface area contributed by atoms with Crippen LogP contribution in [0.15, 0.2) is 0 Å². The Morgan fingerprint density at radius 3 is 2.44 bits per heavy atom. The molecule has 4 aliphatic rings. The van der Waals surface area contributed by atoms with E-state index in [0.717, 1.165) is 51.6 Å². The van der Waals surface area contributed by atoms with Gasteiger partial charge >= 0.3 is 5.97 Å². The van der Waals surface area contributed by atoms with Gasteiger partial charge in [-0.15, -0.1) is 0 Å². The van der Waals surface area contributed by atoms with Crippen LogP contribution in [-0.4, -0.2) is 59.4 Å². The predicted molar refractivity (Wildman–Crippen MR) is 99.7 cm³/mol. The molecule has 6 nitrogen and oxygen atoms in total. The van der Waals surface area contributed by atoms with Crippen LogP contribution in [0.4, 0.5) is 0 Å². The van der Waals surface area contributed by atoms with Gasteiger partial charge in [0.15, 0.2) is 0 Å². The highest BCUT2D eigenvalue weighted by atomic mass is 16.6. The summed E-state index contributed by atoms with van der Waals surface area (Å²) < 4.78 is 5.65. The summed E-state index contributed by atoms with van der Waals surface area (Å²) >= 11 is 0. The van der Waals surface area contributed by atoms with Crippen LogP contribution in [0.3, 0.4) is 0 Å². The maximum atomic E-state index is 13.2. The highest BCUT2D eigenvalue weighted by Crippen LogP contribution is 2.47. The fourth-order valence-electron chi connectivity index (χ4n) is 5.77. The van der Waals surface area contributed by atoms with E-state index in [1.54, 1.807) is 0 Å². The van der Waals surface area contributed by atoms with Crippen molar-refractivity contribution in [1.29, 1.82) is 0 Å². The molecule has 0 unspecified atom stereocenters. The molecule has 1 aliphatic carbocycles. The summed E-state index contributed by atoms with van der Waals surface area (Å²) in [5.74, 6) is 0.330. The molecule has 4 rings (SSSR count). The van der Waals surface area contributed by atoms with Crippen LogP contribution in [0.2, 0.25) is 0 Å². The van der Waals surface area contributed by atoms with Gasteiger partial charge in [-0.3, -0.25) is 14.4 Å². The maximum Gasteiger partial charge on any atom is 0.307 e. The molecule has 2 amide bonds. The molecule has 0 aromatic heterocycles. The van der Waals surface area contributed by atoms with Crippen LogP contribution in [-0.2, 0) is 19.1 Å². The lowest BCUT2D eigenvalue weighted by Gasteiger charge is -2.41. The molecule has 4 fully saturated rings. The average molecular weight is 376 g/mol. The topological polar surface area (TPSA) is 66.9 Å². The van der Waals surface area contributed by atoms with E-state index >= 15 is 0 Å². The second-order valence-corrected chi connectivity index (χ2v) is 9.67. The van der Waals surface area contributed by atoms with Gasteiger partial charge in [-0.1, -0.05) is 13.8 Å². The van der Waals surface area contributed by atoms with Crippen LogP contribution in [0, 0.1) is 17.3 Å². The molecule has 0 aromatic carbocycles. The predicted octanol–water partition coefficient (Wildman–Crippen LogP) is 2.36. The minimum Gasteiger partial charge on any atom is -0.458 e. The lowest BCUT2D eigenvalue weighted by Crippen LogP contribution is -2.50. The number of nitrogens with zero attached hydrogens (tertiary/aromatic N) is 2. The van der Waals surface area contributed by atoms with E-state index in [1.807, 2.05) is 9.80 Å². The summed E-state index contributed by atoms with van der Waals surface area (Å²) in [4.78, 5) is 41.5. The molecular weight excluding hydrogens is 344 g/mol. The zero-order valence-electron chi connectivity index (χ0n) is 16.7. The van der Waals surface area contributed by atoms with E-state index in [9.17, 15) is 14.4 Å². The molecule has 0 aromatic rings. The Kier molecular flexibility index (Phi) is 4.71. The number of ether oxygens (including phenoxy) is 1. The summed E-state index contributed by atoms with van der Waals surface area (Å²) in [6, 6.07) is 0. The van der Waals surface area contributed by atoms with Gasteiger partial charge < -0.3 is 14.5 Å². The summed E-state index contributed by atoms with van der Waals surface area (Å²) in [7, 11) is 0. The van der Waals surface area contributed by atoms with Crippen LogP contribution in [0.1, 0.15) is 65.2 Å². The van der Waals surface area contributed by atoms with Crippen LogP contribution in [0.5, 0.6) is 0 Å².